The monoisotopic (exact) mass is 188 g/mol. The standard InChI is InChI=1S/C14H20/c1-12(14-10-11-14)6-5-9-13-7-3-2-4-8-13/h2-4,7-8,12,14H,5-6,9-11H2,1H3. The summed E-state index contributed by atoms with van der Waals surface area (Å²) in [6, 6.07) is 10.8. The Morgan fingerprint density at radius 2 is 1.93 bits per heavy atom. The topological polar surface area (TPSA) is 0 Å². The van der Waals surface area contributed by atoms with Crippen molar-refractivity contribution in [2.45, 2.75) is 39.0 Å². The normalized spacial score (nSPS) is 18.1. The van der Waals surface area contributed by atoms with E-state index in [0.717, 1.165) is 11.8 Å². The predicted molar refractivity (Wildman–Crippen MR) is 61.3 cm³/mol. The maximum Gasteiger partial charge on any atom is -0.0279 e. The summed E-state index contributed by atoms with van der Waals surface area (Å²) in [6.07, 6.45) is 7.03. The molecule has 0 amide bonds. The van der Waals surface area contributed by atoms with Gasteiger partial charge in [0.1, 0.15) is 0 Å². The zero-order valence-corrected chi connectivity index (χ0v) is 9.08. The Hall–Kier alpha value is -0.780. The van der Waals surface area contributed by atoms with Gasteiger partial charge in [-0.3, -0.25) is 0 Å². The van der Waals surface area contributed by atoms with E-state index >= 15 is 0 Å². The Bertz CT molecular complexity index is 259. The second kappa shape index (κ2) is 4.63. The van der Waals surface area contributed by atoms with E-state index in [2.05, 4.69) is 37.3 Å². The quantitative estimate of drug-likeness (QED) is 0.653. The molecule has 0 spiro atoms. The summed E-state index contributed by atoms with van der Waals surface area (Å²) >= 11 is 0. The Kier molecular flexibility index (Phi) is 3.23. The first-order valence-electron chi connectivity index (χ1n) is 5.90. The van der Waals surface area contributed by atoms with Crippen LogP contribution < -0.4 is 0 Å². The van der Waals surface area contributed by atoms with E-state index in [0.29, 0.717) is 0 Å². The van der Waals surface area contributed by atoms with Crippen molar-refractivity contribution in [2.75, 3.05) is 0 Å². The molecular formula is C14H20. The molecule has 1 saturated carbocycles. The average molecular weight is 188 g/mol. The lowest BCUT2D eigenvalue weighted by molar-refractivity contribution is 0.454. The van der Waals surface area contributed by atoms with E-state index in [-0.39, 0.29) is 0 Å². The van der Waals surface area contributed by atoms with Gasteiger partial charge in [0.15, 0.2) is 0 Å². The zero-order chi connectivity index (χ0) is 9.80. The second-order valence-electron chi connectivity index (χ2n) is 4.69. The van der Waals surface area contributed by atoms with E-state index < -0.39 is 0 Å². The molecule has 0 nitrogen and oxygen atoms in total. The van der Waals surface area contributed by atoms with Gasteiger partial charge < -0.3 is 0 Å². The maximum absolute atomic E-state index is 2.42. The van der Waals surface area contributed by atoms with Gasteiger partial charge >= 0.3 is 0 Å². The first-order chi connectivity index (χ1) is 6.86. The minimum atomic E-state index is 0.971. The Morgan fingerprint density at radius 1 is 1.21 bits per heavy atom. The molecule has 0 heterocycles. The number of aryl methyl sites for hydroxylation is 1. The highest BCUT2D eigenvalue weighted by Gasteiger charge is 2.26. The first kappa shape index (κ1) is 9.76. The smallest absolute Gasteiger partial charge is 0.0279 e. The number of benzene rings is 1. The zero-order valence-electron chi connectivity index (χ0n) is 9.08. The number of rotatable bonds is 5. The van der Waals surface area contributed by atoms with Gasteiger partial charge in [-0.25, -0.2) is 0 Å². The number of hydrogen-bond acceptors (Lipinski definition) is 0. The van der Waals surface area contributed by atoms with Gasteiger partial charge in [-0.05, 0) is 43.1 Å². The van der Waals surface area contributed by atoms with Crippen molar-refractivity contribution in [2.24, 2.45) is 11.8 Å². The summed E-state index contributed by atoms with van der Waals surface area (Å²) in [4.78, 5) is 0. The van der Waals surface area contributed by atoms with Crippen LogP contribution in [0.4, 0.5) is 0 Å². The van der Waals surface area contributed by atoms with Gasteiger partial charge in [-0.2, -0.15) is 0 Å². The fourth-order valence-corrected chi connectivity index (χ4v) is 2.17. The Labute approximate surface area is 87.3 Å². The van der Waals surface area contributed by atoms with Crippen LogP contribution in [0.5, 0.6) is 0 Å². The van der Waals surface area contributed by atoms with Gasteiger partial charge in [0.05, 0.1) is 0 Å². The first-order valence-corrected chi connectivity index (χ1v) is 5.90. The van der Waals surface area contributed by atoms with Crippen molar-refractivity contribution < 1.29 is 0 Å². The molecule has 1 atom stereocenters. The van der Waals surface area contributed by atoms with E-state index in [1.54, 1.807) is 0 Å². The summed E-state index contributed by atoms with van der Waals surface area (Å²) in [5.41, 5.74) is 1.50. The van der Waals surface area contributed by atoms with Gasteiger partial charge in [-0.1, -0.05) is 43.7 Å². The lowest BCUT2D eigenvalue weighted by Gasteiger charge is -2.08. The van der Waals surface area contributed by atoms with Crippen LogP contribution in [-0.4, -0.2) is 0 Å². The third-order valence-electron chi connectivity index (χ3n) is 3.39. The van der Waals surface area contributed by atoms with E-state index in [9.17, 15) is 0 Å². The van der Waals surface area contributed by atoms with Crippen molar-refractivity contribution in [1.82, 2.24) is 0 Å². The SMILES string of the molecule is CC(CCCc1ccccc1)C1CC1. The molecule has 0 bridgehead atoms. The molecule has 1 aromatic carbocycles. The molecule has 76 valence electrons. The van der Waals surface area contributed by atoms with Crippen molar-refractivity contribution in [1.29, 1.82) is 0 Å². The van der Waals surface area contributed by atoms with Crippen LogP contribution in [-0.2, 0) is 6.42 Å². The van der Waals surface area contributed by atoms with Crippen LogP contribution in [0.1, 0.15) is 38.2 Å². The summed E-state index contributed by atoms with van der Waals surface area (Å²) < 4.78 is 0. The molecule has 0 N–H and O–H groups in total. The molecule has 1 aliphatic rings. The highest BCUT2D eigenvalue weighted by Crippen LogP contribution is 2.38. The molecule has 0 aliphatic heterocycles. The van der Waals surface area contributed by atoms with E-state index in [1.807, 2.05) is 0 Å². The minimum absolute atomic E-state index is 0.971. The Morgan fingerprint density at radius 3 is 2.57 bits per heavy atom. The maximum atomic E-state index is 2.42. The number of hydrogen-bond donors (Lipinski definition) is 0. The molecule has 14 heavy (non-hydrogen) atoms. The Balaban J connectivity index is 1.67. The minimum Gasteiger partial charge on any atom is -0.0622 e. The molecule has 0 saturated heterocycles. The lowest BCUT2D eigenvalue weighted by Crippen LogP contribution is -1.97. The second-order valence-corrected chi connectivity index (χ2v) is 4.69. The molecule has 0 aromatic heterocycles. The van der Waals surface area contributed by atoms with Crippen LogP contribution >= 0.6 is 0 Å². The summed E-state index contributed by atoms with van der Waals surface area (Å²) in [5.74, 6) is 2.05. The average Bonchev–Trinajstić information content (AvgIpc) is 3.02. The van der Waals surface area contributed by atoms with Crippen molar-refractivity contribution in [3.8, 4) is 0 Å². The highest BCUT2D eigenvalue weighted by atomic mass is 14.3. The molecule has 0 heteroatoms. The van der Waals surface area contributed by atoms with Gasteiger partial charge in [0.25, 0.3) is 0 Å². The van der Waals surface area contributed by atoms with Crippen molar-refractivity contribution in [3.05, 3.63) is 35.9 Å². The summed E-state index contributed by atoms with van der Waals surface area (Å²) in [6.45, 7) is 2.42. The molecule has 0 radical (unpaired) electrons. The predicted octanol–water partition coefficient (Wildman–Crippen LogP) is 4.06. The molecular weight excluding hydrogens is 168 g/mol. The van der Waals surface area contributed by atoms with Crippen LogP contribution in [0.2, 0.25) is 0 Å². The van der Waals surface area contributed by atoms with Crippen LogP contribution in [0.15, 0.2) is 30.3 Å². The molecule has 2 rings (SSSR count). The van der Waals surface area contributed by atoms with Gasteiger partial charge in [-0.15, -0.1) is 0 Å². The lowest BCUT2D eigenvalue weighted by atomic mass is 9.97. The fraction of sp³-hybridized carbons (Fsp3) is 0.571. The van der Waals surface area contributed by atoms with Crippen LogP contribution in [0.25, 0.3) is 0 Å². The molecule has 1 aliphatic carbocycles. The van der Waals surface area contributed by atoms with E-state index in [4.69, 9.17) is 0 Å². The van der Waals surface area contributed by atoms with Crippen molar-refractivity contribution in [3.63, 3.8) is 0 Å². The molecule has 1 aromatic rings. The fourth-order valence-electron chi connectivity index (χ4n) is 2.17. The molecule has 1 fully saturated rings. The summed E-state index contributed by atoms with van der Waals surface area (Å²) in [5, 5.41) is 0. The van der Waals surface area contributed by atoms with Gasteiger partial charge in [0.2, 0.25) is 0 Å². The largest absolute Gasteiger partial charge is 0.0622 e. The van der Waals surface area contributed by atoms with Crippen LogP contribution in [0.3, 0.4) is 0 Å². The third-order valence-corrected chi connectivity index (χ3v) is 3.39. The van der Waals surface area contributed by atoms with E-state index in [1.165, 1.54) is 37.7 Å². The van der Waals surface area contributed by atoms with Crippen molar-refractivity contribution >= 4 is 0 Å². The van der Waals surface area contributed by atoms with Crippen LogP contribution in [0, 0.1) is 11.8 Å². The third kappa shape index (κ3) is 2.87. The molecule has 1 unspecified atom stereocenters. The highest BCUT2D eigenvalue weighted by molar-refractivity contribution is 5.14. The summed E-state index contributed by atoms with van der Waals surface area (Å²) in [7, 11) is 0. The van der Waals surface area contributed by atoms with Gasteiger partial charge in [0, 0.05) is 0 Å².